The molecule has 2 aromatic carbocycles. The lowest BCUT2D eigenvalue weighted by molar-refractivity contribution is 0.229. The second-order valence-electron chi connectivity index (χ2n) is 3.81. The van der Waals surface area contributed by atoms with E-state index >= 15 is 0 Å². The minimum absolute atomic E-state index is 0.299. The molecule has 2 rings (SSSR count). The van der Waals surface area contributed by atoms with Gasteiger partial charge in [0.15, 0.2) is 0 Å². The number of halogens is 1. The second-order valence-corrected chi connectivity index (χ2v) is 3.81. The van der Waals surface area contributed by atoms with Gasteiger partial charge in [0.25, 0.3) is 0 Å². The van der Waals surface area contributed by atoms with Gasteiger partial charge in [0, 0.05) is 0 Å². The highest BCUT2D eigenvalue weighted by Crippen LogP contribution is 2.23. The number of benzene rings is 2. The first-order valence-corrected chi connectivity index (χ1v) is 5.53. The molecule has 0 bridgehead atoms. The first-order chi connectivity index (χ1) is 8.69. The monoisotopic (exact) mass is 244 g/mol. The van der Waals surface area contributed by atoms with Crippen LogP contribution in [0.15, 0.2) is 61.2 Å². The van der Waals surface area contributed by atoms with Gasteiger partial charge in [-0.05, 0) is 42.0 Å². The lowest BCUT2D eigenvalue weighted by Crippen LogP contribution is -1.92. The fourth-order valence-electron chi connectivity index (χ4n) is 1.51. The topological polar surface area (TPSA) is 29.5 Å². The summed E-state index contributed by atoms with van der Waals surface area (Å²) < 4.78 is 18.2. The number of hydrogen-bond donors (Lipinski definition) is 1. The first kappa shape index (κ1) is 12.3. The molecule has 0 fully saturated rings. The fraction of sp³-hybridized carbons (Fsp3) is 0.0667. The summed E-state index contributed by atoms with van der Waals surface area (Å²) in [6, 6.07) is 12.8. The lowest BCUT2D eigenvalue weighted by Gasteiger charge is -2.08. The molecular formula is C15H13FO2. The molecule has 0 amide bonds. The number of aliphatic hydroxyl groups is 1. The van der Waals surface area contributed by atoms with Crippen molar-refractivity contribution < 1.29 is 14.2 Å². The zero-order chi connectivity index (χ0) is 13.0. The average molecular weight is 244 g/mol. The van der Waals surface area contributed by atoms with E-state index in [1.54, 1.807) is 36.4 Å². The molecule has 1 unspecified atom stereocenters. The minimum atomic E-state index is -0.676. The molecule has 2 aromatic rings. The summed E-state index contributed by atoms with van der Waals surface area (Å²) in [5.41, 5.74) is 0.747. The second kappa shape index (κ2) is 5.47. The number of ether oxygens (including phenoxy) is 1. The van der Waals surface area contributed by atoms with Crippen molar-refractivity contribution in [3.05, 3.63) is 72.6 Å². The Morgan fingerprint density at radius 1 is 1.00 bits per heavy atom. The Kier molecular flexibility index (Phi) is 3.75. The summed E-state index contributed by atoms with van der Waals surface area (Å²) in [6.45, 7) is 3.52. The van der Waals surface area contributed by atoms with Crippen molar-refractivity contribution in [3.63, 3.8) is 0 Å². The largest absolute Gasteiger partial charge is 0.457 e. The molecule has 0 aliphatic carbocycles. The Bertz CT molecular complexity index is 517. The molecule has 0 saturated heterocycles. The van der Waals surface area contributed by atoms with Gasteiger partial charge in [-0.15, -0.1) is 6.58 Å². The van der Waals surface area contributed by atoms with E-state index in [1.807, 2.05) is 0 Å². The first-order valence-electron chi connectivity index (χ1n) is 5.53. The Morgan fingerprint density at radius 2 is 1.50 bits per heavy atom. The highest BCUT2D eigenvalue weighted by molar-refractivity contribution is 5.34. The molecule has 1 atom stereocenters. The molecule has 0 spiro atoms. The van der Waals surface area contributed by atoms with Crippen molar-refractivity contribution in [3.8, 4) is 11.5 Å². The molecule has 0 saturated carbocycles. The standard InChI is InChI=1S/C15H13FO2/c1-2-15(17)11-3-7-13(8-4-11)18-14-9-5-12(16)6-10-14/h2-10,15,17H,1H2. The van der Waals surface area contributed by atoms with Gasteiger partial charge >= 0.3 is 0 Å². The number of rotatable bonds is 4. The molecule has 0 heterocycles. The van der Waals surface area contributed by atoms with Gasteiger partial charge in [-0.25, -0.2) is 4.39 Å². The van der Waals surface area contributed by atoms with Crippen molar-refractivity contribution >= 4 is 0 Å². The molecule has 92 valence electrons. The maximum atomic E-state index is 12.7. The van der Waals surface area contributed by atoms with Crippen LogP contribution in [0.2, 0.25) is 0 Å². The third kappa shape index (κ3) is 2.96. The summed E-state index contributed by atoms with van der Waals surface area (Å²) in [5, 5.41) is 9.54. The van der Waals surface area contributed by atoms with Gasteiger partial charge in [0.2, 0.25) is 0 Å². The molecule has 0 aliphatic rings. The maximum absolute atomic E-state index is 12.7. The lowest BCUT2D eigenvalue weighted by atomic mass is 10.1. The van der Waals surface area contributed by atoms with Crippen LogP contribution in [0, 0.1) is 5.82 Å². The molecule has 0 radical (unpaired) electrons. The SMILES string of the molecule is C=CC(O)c1ccc(Oc2ccc(F)cc2)cc1. The normalized spacial score (nSPS) is 11.9. The molecule has 18 heavy (non-hydrogen) atoms. The zero-order valence-electron chi connectivity index (χ0n) is 9.71. The van der Waals surface area contributed by atoms with Crippen LogP contribution in [0.5, 0.6) is 11.5 Å². The van der Waals surface area contributed by atoms with Gasteiger partial charge in [-0.1, -0.05) is 18.2 Å². The van der Waals surface area contributed by atoms with Crippen molar-refractivity contribution in [1.82, 2.24) is 0 Å². The van der Waals surface area contributed by atoms with E-state index in [0.717, 1.165) is 5.56 Å². The van der Waals surface area contributed by atoms with Crippen molar-refractivity contribution in [2.45, 2.75) is 6.10 Å². The van der Waals surface area contributed by atoms with E-state index in [1.165, 1.54) is 18.2 Å². The quantitative estimate of drug-likeness (QED) is 0.828. The Labute approximate surface area is 105 Å². The van der Waals surface area contributed by atoms with Crippen molar-refractivity contribution in [2.75, 3.05) is 0 Å². The molecule has 2 nitrogen and oxygen atoms in total. The molecule has 3 heteroatoms. The van der Waals surface area contributed by atoms with Crippen LogP contribution >= 0.6 is 0 Å². The van der Waals surface area contributed by atoms with Crippen molar-refractivity contribution in [1.29, 1.82) is 0 Å². The average Bonchev–Trinajstić information content (AvgIpc) is 2.41. The molecular weight excluding hydrogens is 231 g/mol. The van der Waals surface area contributed by atoms with Crippen molar-refractivity contribution in [2.24, 2.45) is 0 Å². The van der Waals surface area contributed by atoms with Gasteiger partial charge in [-0.3, -0.25) is 0 Å². The summed E-state index contributed by atoms with van der Waals surface area (Å²) in [4.78, 5) is 0. The predicted octanol–water partition coefficient (Wildman–Crippen LogP) is 3.84. The fourth-order valence-corrected chi connectivity index (χ4v) is 1.51. The third-order valence-electron chi connectivity index (χ3n) is 2.49. The van der Waals surface area contributed by atoms with E-state index in [9.17, 15) is 9.50 Å². The Balaban J connectivity index is 2.10. The van der Waals surface area contributed by atoms with Crippen LogP contribution in [0.25, 0.3) is 0 Å². The highest BCUT2D eigenvalue weighted by Gasteiger charge is 2.03. The third-order valence-corrected chi connectivity index (χ3v) is 2.49. The number of aliphatic hydroxyl groups excluding tert-OH is 1. The van der Waals surface area contributed by atoms with E-state index in [0.29, 0.717) is 11.5 Å². The molecule has 0 aromatic heterocycles. The summed E-state index contributed by atoms with van der Waals surface area (Å²) >= 11 is 0. The Hall–Kier alpha value is -2.13. The molecule has 1 N–H and O–H groups in total. The smallest absolute Gasteiger partial charge is 0.127 e. The summed E-state index contributed by atoms with van der Waals surface area (Å²) in [7, 11) is 0. The van der Waals surface area contributed by atoms with Gasteiger partial charge in [0.1, 0.15) is 17.3 Å². The predicted molar refractivity (Wildman–Crippen MR) is 68.1 cm³/mol. The van der Waals surface area contributed by atoms with Crippen LogP contribution in [0.4, 0.5) is 4.39 Å². The highest BCUT2D eigenvalue weighted by atomic mass is 19.1. The van der Waals surface area contributed by atoms with Crippen LogP contribution < -0.4 is 4.74 Å². The molecule has 0 aliphatic heterocycles. The van der Waals surface area contributed by atoms with Crippen LogP contribution in [0.1, 0.15) is 11.7 Å². The summed E-state index contributed by atoms with van der Waals surface area (Å²) in [6.07, 6.45) is 0.778. The van der Waals surface area contributed by atoms with Gasteiger partial charge < -0.3 is 9.84 Å². The van der Waals surface area contributed by atoms with E-state index in [2.05, 4.69) is 6.58 Å². The Morgan fingerprint density at radius 3 is 2.00 bits per heavy atom. The number of hydrogen-bond acceptors (Lipinski definition) is 2. The maximum Gasteiger partial charge on any atom is 0.127 e. The summed E-state index contributed by atoms with van der Waals surface area (Å²) in [5.74, 6) is 0.891. The van der Waals surface area contributed by atoms with Crippen LogP contribution in [0.3, 0.4) is 0 Å². The van der Waals surface area contributed by atoms with Gasteiger partial charge in [0.05, 0.1) is 6.10 Å². The zero-order valence-corrected chi connectivity index (χ0v) is 9.71. The van der Waals surface area contributed by atoms with Crippen LogP contribution in [-0.2, 0) is 0 Å². The van der Waals surface area contributed by atoms with Gasteiger partial charge in [-0.2, -0.15) is 0 Å². The van der Waals surface area contributed by atoms with Crippen LogP contribution in [-0.4, -0.2) is 5.11 Å². The van der Waals surface area contributed by atoms with E-state index in [4.69, 9.17) is 4.74 Å². The minimum Gasteiger partial charge on any atom is -0.457 e. The van der Waals surface area contributed by atoms with E-state index < -0.39 is 6.10 Å². The van der Waals surface area contributed by atoms with E-state index in [-0.39, 0.29) is 5.82 Å².